The maximum absolute atomic E-state index is 12.8. The fraction of sp³-hybridized carbons (Fsp3) is 0.556. The number of hydrogen-bond donors (Lipinski definition) is 1. The van der Waals surface area contributed by atoms with Crippen LogP contribution < -0.4 is 14.8 Å². The molecule has 0 radical (unpaired) electrons. The summed E-state index contributed by atoms with van der Waals surface area (Å²) in [4.78, 5) is 0. The molecule has 0 saturated carbocycles. The van der Waals surface area contributed by atoms with Crippen molar-refractivity contribution in [2.45, 2.75) is 65.0 Å². The summed E-state index contributed by atoms with van der Waals surface area (Å²) >= 11 is 0. The van der Waals surface area contributed by atoms with Crippen LogP contribution in [0.2, 0.25) is 0 Å². The highest BCUT2D eigenvalue weighted by atomic mass is 19.3. The standard InChI is InChI=1S/C18H22F4N4O2/c1-3-15-24-25-16-7-4-11(9-26(15)16)23-10(2)13-6-5-12(27-17(19)20)8-14(13)28-18(21)22/h5-6,8,10-11,17-18,23H,3-4,7,9H2,1-2H3. The fourth-order valence-corrected chi connectivity index (χ4v) is 3.47. The highest BCUT2D eigenvalue weighted by molar-refractivity contribution is 5.42. The molecule has 10 heteroatoms. The predicted octanol–water partition coefficient (Wildman–Crippen LogP) is 3.71. The first-order valence-corrected chi connectivity index (χ1v) is 9.08. The van der Waals surface area contributed by atoms with Crippen molar-refractivity contribution in [3.63, 3.8) is 0 Å². The Bertz CT molecular complexity index is 786. The number of fused-ring (bicyclic) bond motifs is 1. The molecule has 1 aliphatic heterocycles. The Labute approximate surface area is 159 Å². The molecule has 0 amide bonds. The van der Waals surface area contributed by atoms with E-state index in [1.165, 1.54) is 12.1 Å². The van der Waals surface area contributed by atoms with Gasteiger partial charge >= 0.3 is 13.2 Å². The summed E-state index contributed by atoms with van der Waals surface area (Å²) in [5, 5.41) is 11.8. The van der Waals surface area contributed by atoms with Crippen LogP contribution in [0, 0.1) is 0 Å². The normalized spacial score (nSPS) is 17.6. The highest BCUT2D eigenvalue weighted by Gasteiger charge is 2.25. The number of aryl methyl sites for hydroxylation is 2. The molecule has 0 spiro atoms. The van der Waals surface area contributed by atoms with Gasteiger partial charge < -0.3 is 19.4 Å². The Morgan fingerprint density at radius 2 is 1.93 bits per heavy atom. The molecule has 1 aromatic heterocycles. The van der Waals surface area contributed by atoms with Crippen LogP contribution >= 0.6 is 0 Å². The summed E-state index contributed by atoms with van der Waals surface area (Å²) in [6, 6.07) is 3.56. The summed E-state index contributed by atoms with van der Waals surface area (Å²) in [6.45, 7) is -1.63. The van der Waals surface area contributed by atoms with Gasteiger partial charge in [0.05, 0.1) is 0 Å². The number of hydrogen-bond acceptors (Lipinski definition) is 5. The first-order chi connectivity index (χ1) is 13.4. The first-order valence-electron chi connectivity index (χ1n) is 9.08. The number of aromatic nitrogens is 3. The maximum atomic E-state index is 12.8. The van der Waals surface area contributed by atoms with Gasteiger partial charge in [-0.1, -0.05) is 13.0 Å². The van der Waals surface area contributed by atoms with Gasteiger partial charge in [-0.15, -0.1) is 10.2 Å². The molecule has 2 aromatic rings. The zero-order valence-corrected chi connectivity index (χ0v) is 15.5. The lowest BCUT2D eigenvalue weighted by Crippen LogP contribution is -2.39. The summed E-state index contributed by atoms with van der Waals surface area (Å²) in [5.41, 5.74) is 0.437. The predicted molar refractivity (Wildman–Crippen MR) is 92.8 cm³/mol. The first kappa shape index (κ1) is 20.4. The Hall–Kier alpha value is -2.36. The monoisotopic (exact) mass is 402 g/mol. The zero-order valence-electron chi connectivity index (χ0n) is 15.5. The van der Waals surface area contributed by atoms with Crippen molar-refractivity contribution in [1.82, 2.24) is 20.1 Å². The largest absolute Gasteiger partial charge is 0.435 e. The number of rotatable bonds is 8. The van der Waals surface area contributed by atoms with E-state index in [1.54, 1.807) is 0 Å². The van der Waals surface area contributed by atoms with Gasteiger partial charge in [-0.2, -0.15) is 17.6 Å². The molecule has 1 N–H and O–H groups in total. The van der Waals surface area contributed by atoms with Crippen LogP contribution in [0.1, 0.15) is 43.5 Å². The van der Waals surface area contributed by atoms with Crippen LogP contribution in [-0.2, 0) is 19.4 Å². The summed E-state index contributed by atoms with van der Waals surface area (Å²) < 4.78 is 61.3. The third-order valence-electron chi connectivity index (χ3n) is 4.72. The van der Waals surface area contributed by atoms with Gasteiger partial charge in [0.25, 0.3) is 0 Å². The lowest BCUT2D eigenvalue weighted by molar-refractivity contribution is -0.0548. The van der Waals surface area contributed by atoms with Gasteiger partial charge in [-0.05, 0) is 19.4 Å². The number of halogens is 4. The molecular formula is C18H22F4N4O2. The Morgan fingerprint density at radius 1 is 1.18 bits per heavy atom. The summed E-state index contributed by atoms with van der Waals surface area (Å²) in [6.07, 6.45) is 2.36. The smallest absolute Gasteiger partial charge is 0.387 e. The molecule has 154 valence electrons. The zero-order chi connectivity index (χ0) is 20.3. The lowest BCUT2D eigenvalue weighted by Gasteiger charge is -2.29. The van der Waals surface area contributed by atoms with Crippen molar-refractivity contribution in [1.29, 1.82) is 0 Å². The molecule has 28 heavy (non-hydrogen) atoms. The lowest BCUT2D eigenvalue weighted by atomic mass is 10.0. The van der Waals surface area contributed by atoms with E-state index in [2.05, 4.69) is 29.6 Å². The fourth-order valence-electron chi connectivity index (χ4n) is 3.47. The van der Waals surface area contributed by atoms with E-state index in [9.17, 15) is 17.6 Å². The number of benzene rings is 1. The van der Waals surface area contributed by atoms with Gasteiger partial charge in [0, 0.05) is 43.1 Å². The van der Waals surface area contributed by atoms with Gasteiger partial charge in [-0.3, -0.25) is 0 Å². The SMILES string of the molecule is CCc1nnc2n1CC(NC(C)c1ccc(OC(F)F)cc1OC(F)F)CC2. The Balaban J connectivity index is 1.75. The van der Waals surface area contributed by atoms with Crippen molar-refractivity contribution < 1.29 is 27.0 Å². The van der Waals surface area contributed by atoms with Crippen molar-refractivity contribution >= 4 is 0 Å². The van der Waals surface area contributed by atoms with Gasteiger partial charge in [-0.25, -0.2) is 0 Å². The quantitative estimate of drug-likeness (QED) is 0.682. The molecule has 2 atom stereocenters. The summed E-state index contributed by atoms with van der Waals surface area (Å²) in [7, 11) is 0. The molecule has 0 bridgehead atoms. The second kappa shape index (κ2) is 8.76. The van der Waals surface area contributed by atoms with Crippen LogP contribution in [-0.4, -0.2) is 34.0 Å². The van der Waals surface area contributed by atoms with Crippen LogP contribution in [0.25, 0.3) is 0 Å². The summed E-state index contributed by atoms with van der Waals surface area (Å²) in [5.74, 6) is 1.42. The minimum atomic E-state index is -3.07. The molecule has 1 aromatic carbocycles. The molecule has 2 heterocycles. The Kier molecular flexibility index (Phi) is 6.38. The van der Waals surface area contributed by atoms with Crippen molar-refractivity contribution in [3.8, 4) is 11.5 Å². The van der Waals surface area contributed by atoms with Crippen molar-refractivity contribution in [2.24, 2.45) is 0 Å². The molecule has 3 rings (SSSR count). The van der Waals surface area contributed by atoms with Crippen molar-refractivity contribution in [3.05, 3.63) is 35.4 Å². The number of ether oxygens (including phenoxy) is 2. The van der Waals surface area contributed by atoms with E-state index in [0.717, 1.165) is 37.0 Å². The second-order valence-corrected chi connectivity index (χ2v) is 6.58. The van der Waals surface area contributed by atoms with E-state index in [0.29, 0.717) is 12.1 Å². The third kappa shape index (κ3) is 4.73. The van der Waals surface area contributed by atoms with Gasteiger partial charge in [0.1, 0.15) is 23.1 Å². The number of nitrogens with zero attached hydrogens (tertiary/aromatic N) is 3. The molecule has 0 fully saturated rings. The topological polar surface area (TPSA) is 61.2 Å². The molecule has 6 nitrogen and oxygen atoms in total. The van der Waals surface area contributed by atoms with E-state index in [1.807, 2.05) is 13.8 Å². The Morgan fingerprint density at radius 3 is 2.61 bits per heavy atom. The number of alkyl halides is 4. The van der Waals surface area contributed by atoms with Crippen LogP contribution in [0.3, 0.4) is 0 Å². The molecular weight excluding hydrogens is 380 g/mol. The second-order valence-electron chi connectivity index (χ2n) is 6.58. The molecule has 1 aliphatic rings. The van der Waals surface area contributed by atoms with E-state index in [4.69, 9.17) is 0 Å². The van der Waals surface area contributed by atoms with E-state index >= 15 is 0 Å². The van der Waals surface area contributed by atoms with Crippen LogP contribution in [0.4, 0.5) is 17.6 Å². The highest BCUT2D eigenvalue weighted by Crippen LogP contribution is 2.32. The van der Waals surface area contributed by atoms with E-state index in [-0.39, 0.29) is 23.6 Å². The maximum Gasteiger partial charge on any atom is 0.387 e. The van der Waals surface area contributed by atoms with Crippen molar-refractivity contribution in [2.75, 3.05) is 0 Å². The minimum Gasteiger partial charge on any atom is -0.435 e. The average Bonchev–Trinajstić information content (AvgIpc) is 3.03. The molecule has 2 unspecified atom stereocenters. The minimum absolute atomic E-state index is 0.0835. The van der Waals surface area contributed by atoms with Gasteiger partial charge in [0.15, 0.2) is 0 Å². The van der Waals surface area contributed by atoms with Crippen LogP contribution in [0.5, 0.6) is 11.5 Å². The third-order valence-corrected chi connectivity index (χ3v) is 4.72. The van der Waals surface area contributed by atoms with E-state index < -0.39 is 13.2 Å². The number of nitrogens with one attached hydrogen (secondary N) is 1. The van der Waals surface area contributed by atoms with Gasteiger partial charge in [0.2, 0.25) is 0 Å². The average molecular weight is 402 g/mol. The molecule has 0 aliphatic carbocycles. The van der Waals surface area contributed by atoms with Crippen LogP contribution in [0.15, 0.2) is 18.2 Å². The molecule has 0 saturated heterocycles.